The predicted octanol–water partition coefficient (Wildman–Crippen LogP) is 1.41. The summed E-state index contributed by atoms with van der Waals surface area (Å²) in [4.78, 5) is 12.0. The van der Waals surface area contributed by atoms with Gasteiger partial charge in [-0.25, -0.2) is 0 Å². The molecule has 1 saturated heterocycles. The Hall–Kier alpha value is -1.29. The molecule has 1 fully saturated rings. The first-order valence-corrected chi connectivity index (χ1v) is 5.84. The maximum atomic E-state index is 12.0. The van der Waals surface area contributed by atoms with E-state index in [0.717, 1.165) is 30.8 Å². The Bertz CT molecular complexity index is 358. The Balaban J connectivity index is 2.01. The molecule has 0 aromatic carbocycles. The van der Waals surface area contributed by atoms with Crippen molar-refractivity contribution in [1.82, 2.24) is 9.88 Å². The molecule has 4 nitrogen and oxygen atoms in total. The molecular weight excluding hydrogens is 202 g/mol. The third-order valence-corrected chi connectivity index (χ3v) is 3.14. The number of aryl methyl sites for hydroxylation is 2. The summed E-state index contributed by atoms with van der Waals surface area (Å²) in [5.41, 5.74) is 1.10. The van der Waals surface area contributed by atoms with Gasteiger partial charge in [-0.05, 0) is 37.9 Å². The number of anilines is 1. The third kappa shape index (κ3) is 2.27. The van der Waals surface area contributed by atoms with Crippen LogP contribution in [0.15, 0.2) is 12.3 Å². The highest BCUT2D eigenvalue weighted by atomic mass is 16.2. The van der Waals surface area contributed by atoms with Crippen LogP contribution in [0.1, 0.15) is 24.8 Å². The minimum Gasteiger partial charge on any atom is -0.337 e. The lowest BCUT2D eigenvalue weighted by Gasteiger charge is -2.22. The average molecular weight is 221 g/mol. The molecule has 0 saturated carbocycles. The first kappa shape index (κ1) is 11.2. The van der Waals surface area contributed by atoms with Crippen LogP contribution in [0.25, 0.3) is 0 Å². The van der Waals surface area contributed by atoms with E-state index < -0.39 is 0 Å². The molecule has 2 heterocycles. The number of hydrogen-bond donors (Lipinski definition) is 2. The monoisotopic (exact) mass is 221 g/mol. The van der Waals surface area contributed by atoms with E-state index in [4.69, 9.17) is 0 Å². The highest BCUT2D eigenvalue weighted by Gasteiger charge is 2.21. The van der Waals surface area contributed by atoms with Crippen LogP contribution in [0.5, 0.6) is 0 Å². The van der Waals surface area contributed by atoms with Gasteiger partial charge in [0.1, 0.15) is 5.82 Å². The first-order chi connectivity index (χ1) is 7.68. The van der Waals surface area contributed by atoms with Crippen LogP contribution >= 0.6 is 0 Å². The van der Waals surface area contributed by atoms with Gasteiger partial charge in [-0.2, -0.15) is 0 Å². The van der Waals surface area contributed by atoms with Gasteiger partial charge in [0.05, 0.1) is 6.04 Å². The summed E-state index contributed by atoms with van der Waals surface area (Å²) >= 11 is 0. The number of carbonyl (C=O) groups is 1. The van der Waals surface area contributed by atoms with Crippen LogP contribution in [0.2, 0.25) is 0 Å². The van der Waals surface area contributed by atoms with Gasteiger partial charge >= 0.3 is 0 Å². The summed E-state index contributed by atoms with van der Waals surface area (Å²) < 4.78 is 1.94. The fourth-order valence-electron chi connectivity index (χ4n) is 2.12. The Morgan fingerprint density at radius 2 is 2.38 bits per heavy atom. The van der Waals surface area contributed by atoms with Gasteiger partial charge in [0, 0.05) is 13.2 Å². The Kier molecular flexibility index (Phi) is 3.29. The first-order valence-electron chi connectivity index (χ1n) is 5.84. The molecule has 1 amide bonds. The molecule has 2 N–H and O–H groups in total. The predicted molar refractivity (Wildman–Crippen MR) is 64.4 cm³/mol. The Morgan fingerprint density at radius 1 is 1.56 bits per heavy atom. The van der Waals surface area contributed by atoms with E-state index in [1.165, 1.54) is 6.42 Å². The lowest BCUT2D eigenvalue weighted by molar-refractivity contribution is -0.118. The Labute approximate surface area is 96.0 Å². The van der Waals surface area contributed by atoms with Gasteiger partial charge in [-0.15, -0.1) is 0 Å². The average Bonchev–Trinajstić information content (AvgIpc) is 2.62. The van der Waals surface area contributed by atoms with Crippen LogP contribution in [0, 0.1) is 6.92 Å². The van der Waals surface area contributed by atoms with Crippen LogP contribution in [0.3, 0.4) is 0 Å². The second-order valence-corrected chi connectivity index (χ2v) is 4.45. The van der Waals surface area contributed by atoms with Crippen molar-refractivity contribution >= 4 is 11.7 Å². The van der Waals surface area contributed by atoms with Crippen molar-refractivity contribution in [3.05, 3.63) is 17.8 Å². The van der Waals surface area contributed by atoms with Crippen molar-refractivity contribution in [3.63, 3.8) is 0 Å². The zero-order chi connectivity index (χ0) is 11.5. The summed E-state index contributed by atoms with van der Waals surface area (Å²) in [5.74, 6) is 0.988. The standard InChI is InChI=1S/C12H19N3O/c1-9-6-8-15(2)11(9)14-12(16)10-5-3-4-7-13-10/h6,8,10,13H,3-5,7H2,1-2H3,(H,14,16). The van der Waals surface area contributed by atoms with Gasteiger partial charge in [-0.3, -0.25) is 4.79 Å². The molecule has 88 valence electrons. The van der Waals surface area contributed by atoms with E-state index in [9.17, 15) is 4.79 Å². The fraction of sp³-hybridized carbons (Fsp3) is 0.583. The quantitative estimate of drug-likeness (QED) is 0.793. The van der Waals surface area contributed by atoms with E-state index in [1.807, 2.05) is 30.8 Å². The second-order valence-electron chi connectivity index (χ2n) is 4.45. The van der Waals surface area contributed by atoms with Crippen LogP contribution < -0.4 is 10.6 Å². The van der Waals surface area contributed by atoms with Gasteiger partial charge in [0.2, 0.25) is 5.91 Å². The molecule has 1 aromatic rings. The minimum atomic E-state index is -0.0250. The lowest BCUT2D eigenvalue weighted by atomic mass is 10.0. The zero-order valence-electron chi connectivity index (χ0n) is 9.92. The normalized spacial score (nSPS) is 20.8. The highest BCUT2D eigenvalue weighted by molar-refractivity contribution is 5.94. The molecule has 2 rings (SSSR count). The molecule has 1 aromatic heterocycles. The van der Waals surface area contributed by atoms with Crippen molar-refractivity contribution < 1.29 is 4.79 Å². The molecular formula is C12H19N3O. The number of nitrogens with zero attached hydrogens (tertiary/aromatic N) is 1. The van der Waals surface area contributed by atoms with Gasteiger partial charge in [0.25, 0.3) is 0 Å². The smallest absolute Gasteiger partial charge is 0.242 e. The molecule has 16 heavy (non-hydrogen) atoms. The van der Waals surface area contributed by atoms with E-state index in [-0.39, 0.29) is 11.9 Å². The third-order valence-electron chi connectivity index (χ3n) is 3.14. The van der Waals surface area contributed by atoms with Crippen LogP contribution in [-0.2, 0) is 11.8 Å². The van der Waals surface area contributed by atoms with Crippen LogP contribution in [0.4, 0.5) is 5.82 Å². The van der Waals surface area contributed by atoms with Crippen molar-refractivity contribution in [2.75, 3.05) is 11.9 Å². The number of hydrogen-bond acceptors (Lipinski definition) is 2. The van der Waals surface area contributed by atoms with Gasteiger partial charge in [0.15, 0.2) is 0 Å². The largest absolute Gasteiger partial charge is 0.337 e. The highest BCUT2D eigenvalue weighted by Crippen LogP contribution is 2.16. The van der Waals surface area contributed by atoms with Crippen molar-refractivity contribution in [2.45, 2.75) is 32.2 Å². The molecule has 4 heteroatoms. The van der Waals surface area contributed by atoms with E-state index in [0.29, 0.717) is 0 Å². The molecule has 1 aliphatic rings. The SMILES string of the molecule is Cc1ccn(C)c1NC(=O)C1CCCCN1. The van der Waals surface area contributed by atoms with E-state index >= 15 is 0 Å². The molecule has 0 spiro atoms. The topological polar surface area (TPSA) is 46.1 Å². The zero-order valence-corrected chi connectivity index (χ0v) is 9.92. The summed E-state index contributed by atoms with van der Waals surface area (Å²) in [7, 11) is 1.94. The number of amides is 1. The van der Waals surface area contributed by atoms with Gasteiger partial charge in [-0.1, -0.05) is 6.42 Å². The Morgan fingerprint density at radius 3 is 2.94 bits per heavy atom. The summed E-state index contributed by atoms with van der Waals surface area (Å²) in [6.07, 6.45) is 5.21. The summed E-state index contributed by atoms with van der Waals surface area (Å²) in [6, 6.07) is 1.98. The van der Waals surface area contributed by atoms with Crippen molar-refractivity contribution in [1.29, 1.82) is 0 Å². The number of rotatable bonds is 2. The lowest BCUT2D eigenvalue weighted by Crippen LogP contribution is -2.43. The summed E-state index contributed by atoms with van der Waals surface area (Å²) in [6.45, 7) is 2.95. The number of aromatic nitrogens is 1. The maximum Gasteiger partial charge on any atom is 0.242 e. The van der Waals surface area contributed by atoms with E-state index in [1.54, 1.807) is 0 Å². The van der Waals surface area contributed by atoms with Gasteiger partial charge < -0.3 is 15.2 Å². The molecule has 1 atom stereocenters. The molecule has 0 bridgehead atoms. The number of piperidine rings is 1. The second kappa shape index (κ2) is 4.70. The van der Waals surface area contributed by atoms with Crippen molar-refractivity contribution in [2.24, 2.45) is 7.05 Å². The van der Waals surface area contributed by atoms with Crippen LogP contribution in [-0.4, -0.2) is 23.1 Å². The number of nitrogens with one attached hydrogen (secondary N) is 2. The molecule has 0 radical (unpaired) electrons. The van der Waals surface area contributed by atoms with Crippen molar-refractivity contribution in [3.8, 4) is 0 Å². The summed E-state index contributed by atoms with van der Waals surface area (Å²) in [5, 5.41) is 6.24. The molecule has 0 aliphatic carbocycles. The minimum absolute atomic E-state index is 0.0250. The number of carbonyl (C=O) groups excluding carboxylic acids is 1. The molecule has 1 aliphatic heterocycles. The molecule has 1 unspecified atom stereocenters. The fourth-order valence-corrected chi connectivity index (χ4v) is 2.12. The maximum absolute atomic E-state index is 12.0. The van der Waals surface area contributed by atoms with E-state index in [2.05, 4.69) is 10.6 Å².